The molecule has 4 rings (SSSR count). The van der Waals surface area contributed by atoms with Crippen molar-refractivity contribution in [3.8, 4) is 5.75 Å². The van der Waals surface area contributed by atoms with E-state index >= 15 is 0 Å². The average Bonchev–Trinajstić information content (AvgIpc) is 2.79. The molecule has 0 spiro atoms. The first-order chi connectivity index (χ1) is 14.7. The van der Waals surface area contributed by atoms with Crippen LogP contribution in [0.25, 0.3) is 0 Å². The quantitative estimate of drug-likeness (QED) is 0.661. The molecule has 5 nitrogen and oxygen atoms in total. The maximum absolute atomic E-state index is 12.8. The van der Waals surface area contributed by atoms with Crippen LogP contribution in [0, 0.1) is 5.92 Å². The zero-order chi connectivity index (χ0) is 20.8. The highest BCUT2D eigenvalue weighted by Crippen LogP contribution is 2.27. The Hall–Kier alpha value is -3.60. The van der Waals surface area contributed by atoms with Crippen LogP contribution in [-0.2, 0) is 17.6 Å². The summed E-state index contributed by atoms with van der Waals surface area (Å²) in [6, 6.07) is 24.8. The Labute approximate surface area is 176 Å². The summed E-state index contributed by atoms with van der Waals surface area (Å²) in [5, 5.41) is 5.86. The van der Waals surface area contributed by atoms with Crippen LogP contribution < -0.4 is 15.4 Å². The number of para-hydroxylation sites is 2. The lowest BCUT2D eigenvalue weighted by atomic mass is 9.96. The fourth-order valence-electron chi connectivity index (χ4n) is 3.58. The number of carbonyl (C=O) groups excluding carboxylic acids is 2. The second kappa shape index (κ2) is 9.27. The van der Waals surface area contributed by atoms with Gasteiger partial charge in [-0.3, -0.25) is 9.59 Å². The van der Waals surface area contributed by atoms with Gasteiger partial charge in [0.2, 0.25) is 5.91 Å². The number of benzene rings is 3. The lowest BCUT2D eigenvalue weighted by molar-refractivity contribution is -0.121. The van der Waals surface area contributed by atoms with Crippen LogP contribution in [0.15, 0.2) is 78.9 Å². The van der Waals surface area contributed by atoms with Gasteiger partial charge in [-0.1, -0.05) is 60.7 Å². The van der Waals surface area contributed by atoms with Crippen LogP contribution in [0.3, 0.4) is 0 Å². The molecule has 0 radical (unpaired) electrons. The van der Waals surface area contributed by atoms with Crippen LogP contribution in [0.2, 0.25) is 0 Å². The van der Waals surface area contributed by atoms with E-state index in [1.54, 1.807) is 18.2 Å². The minimum absolute atomic E-state index is 0.144. The molecule has 0 aliphatic carbocycles. The lowest BCUT2D eigenvalue weighted by Gasteiger charge is -2.24. The van der Waals surface area contributed by atoms with Crippen molar-refractivity contribution in [3.05, 3.63) is 95.6 Å². The molecular weight excluding hydrogens is 376 g/mol. The van der Waals surface area contributed by atoms with E-state index in [2.05, 4.69) is 10.6 Å². The Kier molecular flexibility index (Phi) is 6.09. The molecule has 5 heteroatoms. The van der Waals surface area contributed by atoms with Crippen LogP contribution in [0.1, 0.15) is 21.5 Å². The van der Waals surface area contributed by atoms with E-state index in [9.17, 15) is 9.59 Å². The van der Waals surface area contributed by atoms with Crippen molar-refractivity contribution in [2.75, 3.05) is 18.5 Å². The van der Waals surface area contributed by atoms with Crippen molar-refractivity contribution in [2.24, 2.45) is 5.92 Å². The van der Waals surface area contributed by atoms with Gasteiger partial charge in [-0.05, 0) is 42.2 Å². The fourth-order valence-corrected chi connectivity index (χ4v) is 3.58. The van der Waals surface area contributed by atoms with Crippen LogP contribution in [-0.4, -0.2) is 25.0 Å². The predicted octanol–water partition coefficient (Wildman–Crippen LogP) is 3.85. The molecule has 1 heterocycles. The smallest absolute Gasteiger partial charge is 0.253 e. The SMILES string of the molecule is O=C(NCCc1ccccc1)c1ccccc1NC(=O)C1COc2ccccc2C1. The van der Waals surface area contributed by atoms with E-state index in [1.165, 1.54) is 0 Å². The predicted molar refractivity (Wildman–Crippen MR) is 117 cm³/mol. The Balaban J connectivity index is 1.38. The maximum atomic E-state index is 12.8. The first kappa shape index (κ1) is 19.7. The standard InChI is InChI=1S/C25H24N2O3/c28-24(20-16-19-10-4-7-13-23(19)30-17-20)27-22-12-6-5-11-21(22)25(29)26-15-14-18-8-2-1-3-9-18/h1-13,20H,14-17H2,(H,26,29)(H,27,28). The molecule has 2 N–H and O–H groups in total. The lowest BCUT2D eigenvalue weighted by Crippen LogP contribution is -2.33. The Morgan fingerprint density at radius 3 is 2.50 bits per heavy atom. The van der Waals surface area contributed by atoms with Gasteiger partial charge in [-0.2, -0.15) is 0 Å². The van der Waals surface area contributed by atoms with Crippen molar-refractivity contribution in [1.29, 1.82) is 0 Å². The summed E-state index contributed by atoms with van der Waals surface area (Å²) in [6.45, 7) is 0.854. The third-order valence-electron chi connectivity index (χ3n) is 5.22. The number of rotatable bonds is 6. The highest BCUT2D eigenvalue weighted by Gasteiger charge is 2.26. The van der Waals surface area contributed by atoms with Crippen molar-refractivity contribution in [1.82, 2.24) is 5.32 Å². The normalized spacial score (nSPS) is 14.9. The Morgan fingerprint density at radius 2 is 1.63 bits per heavy atom. The fraction of sp³-hybridized carbons (Fsp3) is 0.200. The molecule has 0 fully saturated rings. The number of fused-ring (bicyclic) bond motifs is 1. The van der Waals surface area contributed by atoms with Crippen molar-refractivity contribution < 1.29 is 14.3 Å². The number of anilines is 1. The summed E-state index contributed by atoms with van der Waals surface area (Å²) in [5.41, 5.74) is 3.16. The van der Waals surface area contributed by atoms with E-state index < -0.39 is 0 Å². The molecule has 0 bridgehead atoms. The van der Waals surface area contributed by atoms with Gasteiger partial charge in [0.25, 0.3) is 5.91 Å². The van der Waals surface area contributed by atoms with Gasteiger partial charge < -0.3 is 15.4 Å². The topological polar surface area (TPSA) is 67.4 Å². The van der Waals surface area contributed by atoms with E-state index in [0.717, 1.165) is 23.3 Å². The largest absolute Gasteiger partial charge is 0.492 e. The molecule has 2 amide bonds. The number of amides is 2. The van der Waals surface area contributed by atoms with Crippen molar-refractivity contribution in [3.63, 3.8) is 0 Å². The minimum atomic E-state index is -0.297. The summed E-state index contributed by atoms with van der Waals surface area (Å²) in [7, 11) is 0. The molecule has 3 aromatic carbocycles. The van der Waals surface area contributed by atoms with Gasteiger partial charge in [-0.25, -0.2) is 0 Å². The van der Waals surface area contributed by atoms with Gasteiger partial charge in [0, 0.05) is 6.54 Å². The molecule has 3 aromatic rings. The molecule has 1 aliphatic rings. The maximum Gasteiger partial charge on any atom is 0.253 e. The molecule has 0 saturated heterocycles. The van der Waals surface area contributed by atoms with Gasteiger partial charge in [0.15, 0.2) is 0 Å². The first-order valence-corrected chi connectivity index (χ1v) is 10.1. The molecule has 30 heavy (non-hydrogen) atoms. The molecule has 0 saturated carbocycles. The molecule has 1 unspecified atom stereocenters. The highest BCUT2D eigenvalue weighted by molar-refractivity contribution is 6.04. The molecular formula is C25H24N2O3. The molecule has 1 aliphatic heterocycles. The first-order valence-electron chi connectivity index (χ1n) is 10.1. The number of nitrogens with one attached hydrogen (secondary N) is 2. The van der Waals surface area contributed by atoms with Crippen LogP contribution in [0.4, 0.5) is 5.69 Å². The van der Waals surface area contributed by atoms with E-state index in [-0.39, 0.29) is 17.7 Å². The molecule has 152 valence electrons. The second-order valence-corrected chi connectivity index (χ2v) is 7.35. The summed E-state index contributed by atoms with van der Waals surface area (Å²) in [5.74, 6) is 0.190. The number of hydrogen-bond acceptors (Lipinski definition) is 3. The minimum Gasteiger partial charge on any atom is -0.492 e. The van der Waals surface area contributed by atoms with E-state index in [0.29, 0.717) is 30.8 Å². The van der Waals surface area contributed by atoms with Crippen molar-refractivity contribution in [2.45, 2.75) is 12.8 Å². The number of hydrogen-bond donors (Lipinski definition) is 2. The summed E-state index contributed by atoms with van der Waals surface area (Å²) in [4.78, 5) is 25.5. The van der Waals surface area contributed by atoms with E-state index in [4.69, 9.17) is 4.74 Å². The monoisotopic (exact) mass is 400 g/mol. The second-order valence-electron chi connectivity index (χ2n) is 7.35. The number of carbonyl (C=O) groups is 2. The third kappa shape index (κ3) is 4.69. The Morgan fingerprint density at radius 1 is 0.900 bits per heavy atom. The summed E-state index contributed by atoms with van der Waals surface area (Å²) in [6.07, 6.45) is 1.37. The van der Waals surface area contributed by atoms with E-state index in [1.807, 2.05) is 60.7 Å². The molecule has 0 aromatic heterocycles. The zero-order valence-electron chi connectivity index (χ0n) is 16.6. The van der Waals surface area contributed by atoms with Gasteiger partial charge >= 0.3 is 0 Å². The van der Waals surface area contributed by atoms with Gasteiger partial charge in [0.05, 0.1) is 17.2 Å². The van der Waals surface area contributed by atoms with Crippen LogP contribution >= 0.6 is 0 Å². The average molecular weight is 400 g/mol. The summed E-state index contributed by atoms with van der Waals surface area (Å²) < 4.78 is 5.73. The molecule has 1 atom stereocenters. The van der Waals surface area contributed by atoms with Gasteiger partial charge in [0.1, 0.15) is 12.4 Å². The summed E-state index contributed by atoms with van der Waals surface area (Å²) >= 11 is 0. The van der Waals surface area contributed by atoms with Crippen LogP contribution in [0.5, 0.6) is 5.75 Å². The highest BCUT2D eigenvalue weighted by atomic mass is 16.5. The number of ether oxygens (including phenoxy) is 1. The zero-order valence-corrected chi connectivity index (χ0v) is 16.6. The Bertz CT molecular complexity index is 1030. The van der Waals surface area contributed by atoms with Gasteiger partial charge in [-0.15, -0.1) is 0 Å². The third-order valence-corrected chi connectivity index (χ3v) is 5.22. The van der Waals surface area contributed by atoms with Crippen molar-refractivity contribution >= 4 is 17.5 Å².